The highest BCUT2D eigenvalue weighted by atomic mass is 19.4. The predicted octanol–water partition coefficient (Wildman–Crippen LogP) is 5.80. The van der Waals surface area contributed by atoms with Crippen molar-refractivity contribution in [3.63, 3.8) is 0 Å². The normalized spacial score (nSPS) is 16.0. The van der Waals surface area contributed by atoms with Crippen LogP contribution in [0, 0.1) is 5.41 Å². The van der Waals surface area contributed by atoms with E-state index in [2.05, 4.69) is 25.3 Å². The second-order valence-corrected chi connectivity index (χ2v) is 13.1. The molecule has 2 N–H and O–H groups in total. The number of hydrogen-bond donors (Lipinski definition) is 2. The van der Waals surface area contributed by atoms with Gasteiger partial charge in [0.15, 0.2) is 11.1 Å². The topological polar surface area (TPSA) is 134 Å². The zero-order valence-corrected chi connectivity index (χ0v) is 27.7. The summed E-state index contributed by atoms with van der Waals surface area (Å²) in [5.74, 6) is 0. The van der Waals surface area contributed by atoms with Gasteiger partial charge < -0.3 is 19.2 Å². The van der Waals surface area contributed by atoms with Gasteiger partial charge in [-0.25, -0.2) is 19.4 Å². The maximum absolute atomic E-state index is 14.7. The second-order valence-electron chi connectivity index (χ2n) is 13.1. The Morgan fingerprint density at radius 3 is 2.06 bits per heavy atom. The first-order valence-corrected chi connectivity index (χ1v) is 15.9. The third-order valence-electron chi connectivity index (χ3n) is 8.46. The Kier molecular flexibility index (Phi) is 9.39. The second kappa shape index (κ2) is 13.5. The summed E-state index contributed by atoms with van der Waals surface area (Å²) in [5.41, 5.74) is -2.54. The Bertz CT molecular complexity index is 2070. The minimum Gasteiger partial charge on any atom is -0.444 e. The number of H-pyrrole nitrogens is 1. The standard InChI is InChI=1S/C33H34F6N10O2/c1-31(2,3)51-30(50)47-14-12-46(13-15-47)26(21-8-4-6-10-23(21)32(34,35)36)27(22-9-5-7-11-24(22)33(37,38)39)49-17-20(44-45-49)16-48-19-43-28(40)25-29(48)42-18-41-25/h4-11,17-19,26-27,40H,12-16H2,1-3H3,(H,41,42)/t26-,27+/m0/s1. The van der Waals surface area contributed by atoms with Gasteiger partial charge >= 0.3 is 18.4 Å². The first-order valence-electron chi connectivity index (χ1n) is 15.9. The fourth-order valence-electron chi connectivity index (χ4n) is 6.30. The molecule has 12 nitrogen and oxygen atoms in total. The molecule has 2 aromatic carbocycles. The molecule has 2 atom stereocenters. The first kappa shape index (κ1) is 35.6. The van der Waals surface area contributed by atoms with E-state index in [9.17, 15) is 31.1 Å². The molecule has 1 aliphatic heterocycles. The van der Waals surface area contributed by atoms with E-state index in [0.717, 1.165) is 16.8 Å². The summed E-state index contributed by atoms with van der Waals surface area (Å²) in [6, 6.07) is 6.65. The zero-order chi connectivity index (χ0) is 36.7. The quantitative estimate of drug-likeness (QED) is 0.204. The number of halogens is 6. The van der Waals surface area contributed by atoms with E-state index in [1.54, 1.807) is 30.2 Å². The van der Waals surface area contributed by atoms with Crippen LogP contribution in [0.25, 0.3) is 11.2 Å². The third-order valence-corrected chi connectivity index (χ3v) is 8.46. The molecule has 0 unspecified atom stereocenters. The number of fused-ring (bicyclic) bond motifs is 1. The van der Waals surface area contributed by atoms with Crippen LogP contribution in [0.3, 0.4) is 0 Å². The summed E-state index contributed by atoms with van der Waals surface area (Å²) in [6.07, 6.45) is -6.20. The molecule has 0 bridgehead atoms. The SMILES string of the molecule is CC(C)(C)OC(=O)N1CCN([C@@H](c2ccccc2C(F)(F)F)[C@@H](c2ccccc2C(F)(F)F)n2cc(Cn3cnc(=N)c4[nH]cnc43)nn2)CC1. The lowest BCUT2D eigenvalue weighted by Gasteiger charge is -2.43. The van der Waals surface area contributed by atoms with Crippen molar-refractivity contribution in [3.05, 3.63) is 101 Å². The summed E-state index contributed by atoms with van der Waals surface area (Å²) >= 11 is 0. The van der Waals surface area contributed by atoms with Crippen molar-refractivity contribution in [1.82, 2.24) is 44.3 Å². The number of nitrogens with zero attached hydrogens (tertiary/aromatic N) is 8. The lowest BCUT2D eigenvalue weighted by Crippen LogP contribution is -2.52. The molecular formula is C33H34F6N10O2. The van der Waals surface area contributed by atoms with Gasteiger partial charge in [0.2, 0.25) is 0 Å². The number of hydrogen-bond acceptors (Lipinski definition) is 8. The highest BCUT2D eigenvalue weighted by Gasteiger charge is 2.44. The number of aromatic amines is 1. The van der Waals surface area contributed by atoms with Crippen LogP contribution in [0.2, 0.25) is 0 Å². The Morgan fingerprint density at radius 1 is 0.882 bits per heavy atom. The minimum absolute atomic E-state index is 0.0133. The van der Waals surface area contributed by atoms with Crippen molar-refractivity contribution in [3.8, 4) is 0 Å². The first-order chi connectivity index (χ1) is 24.0. The van der Waals surface area contributed by atoms with Gasteiger partial charge in [0, 0.05) is 26.2 Å². The van der Waals surface area contributed by atoms with E-state index in [4.69, 9.17) is 10.1 Å². The monoisotopic (exact) mass is 716 g/mol. The van der Waals surface area contributed by atoms with Gasteiger partial charge in [0.1, 0.15) is 16.8 Å². The fraction of sp³-hybridized carbons (Fsp3) is 0.394. The summed E-state index contributed by atoms with van der Waals surface area (Å²) in [5, 5.41) is 16.4. The van der Waals surface area contributed by atoms with E-state index < -0.39 is 47.3 Å². The van der Waals surface area contributed by atoms with Gasteiger partial charge in [-0.2, -0.15) is 26.3 Å². The molecule has 0 saturated carbocycles. The molecule has 0 radical (unpaired) electrons. The molecule has 3 aromatic heterocycles. The van der Waals surface area contributed by atoms with Gasteiger partial charge in [0.25, 0.3) is 0 Å². The van der Waals surface area contributed by atoms with Crippen molar-refractivity contribution in [2.75, 3.05) is 26.2 Å². The molecule has 51 heavy (non-hydrogen) atoms. The lowest BCUT2D eigenvalue weighted by molar-refractivity contribution is -0.140. The molecule has 6 rings (SSSR count). The maximum atomic E-state index is 14.7. The van der Waals surface area contributed by atoms with Crippen LogP contribution in [0.4, 0.5) is 31.1 Å². The van der Waals surface area contributed by atoms with Crippen LogP contribution < -0.4 is 5.49 Å². The number of amides is 1. The molecule has 4 heterocycles. The average molecular weight is 717 g/mol. The van der Waals surface area contributed by atoms with E-state index in [1.807, 2.05) is 0 Å². The summed E-state index contributed by atoms with van der Waals surface area (Å²) < 4.78 is 96.3. The van der Waals surface area contributed by atoms with Crippen LogP contribution in [-0.2, 0) is 23.6 Å². The van der Waals surface area contributed by atoms with E-state index in [1.165, 1.54) is 60.1 Å². The largest absolute Gasteiger partial charge is 0.444 e. The van der Waals surface area contributed by atoms with Gasteiger partial charge in [0.05, 0.1) is 48.6 Å². The van der Waals surface area contributed by atoms with Crippen molar-refractivity contribution < 1.29 is 35.9 Å². The molecule has 1 saturated heterocycles. The van der Waals surface area contributed by atoms with Crippen molar-refractivity contribution in [2.24, 2.45) is 0 Å². The number of piperazine rings is 1. The summed E-state index contributed by atoms with van der Waals surface area (Å²) in [4.78, 5) is 27.0. The number of alkyl halides is 6. The molecule has 18 heteroatoms. The molecule has 1 aliphatic rings. The van der Waals surface area contributed by atoms with Crippen molar-refractivity contribution >= 4 is 17.3 Å². The third kappa shape index (κ3) is 7.59. The van der Waals surface area contributed by atoms with Gasteiger partial charge in [-0.1, -0.05) is 41.6 Å². The smallest absolute Gasteiger partial charge is 0.416 e. The van der Waals surface area contributed by atoms with Crippen LogP contribution in [0.1, 0.15) is 60.8 Å². The molecular weight excluding hydrogens is 682 g/mol. The minimum atomic E-state index is -4.87. The van der Waals surface area contributed by atoms with Crippen molar-refractivity contribution in [1.29, 1.82) is 5.41 Å². The zero-order valence-electron chi connectivity index (χ0n) is 27.7. The number of ether oxygens (including phenoxy) is 1. The van der Waals surface area contributed by atoms with E-state index in [-0.39, 0.29) is 55.0 Å². The van der Waals surface area contributed by atoms with Crippen LogP contribution in [0.5, 0.6) is 0 Å². The number of nitrogens with one attached hydrogen (secondary N) is 2. The molecule has 5 aromatic rings. The number of imidazole rings is 1. The summed E-state index contributed by atoms with van der Waals surface area (Å²) in [7, 11) is 0. The van der Waals surface area contributed by atoms with E-state index >= 15 is 0 Å². The van der Waals surface area contributed by atoms with Crippen molar-refractivity contribution in [2.45, 2.75) is 57.4 Å². The molecule has 0 spiro atoms. The molecule has 1 amide bonds. The number of carbonyl (C=O) groups excluding carboxylic acids is 1. The number of carbonyl (C=O) groups is 1. The van der Waals surface area contributed by atoms with Crippen LogP contribution in [0.15, 0.2) is 67.4 Å². The highest BCUT2D eigenvalue weighted by molar-refractivity contribution is 5.68. The number of rotatable bonds is 7. The highest BCUT2D eigenvalue weighted by Crippen LogP contribution is 2.46. The van der Waals surface area contributed by atoms with E-state index in [0.29, 0.717) is 11.2 Å². The lowest BCUT2D eigenvalue weighted by atomic mass is 9.86. The maximum Gasteiger partial charge on any atom is 0.416 e. The fourth-order valence-corrected chi connectivity index (χ4v) is 6.30. The average Bonchev–Trinajstić information content (AvgIpc) is 3.75. The Labute approximate surface area is 287 Å². The molecule has 1 fully saturated rings. The molecule has 0 aliphatic carbocycles. The predicted molar refractivity (Wildman–Crippen MR) is 170 cm³/mol. The Morgan fingerprint density at radius 2 is 1.47 bits per heavy atom. The van der Waals surface area contributed by atoms with Gasteiger partial charge in [-0.05, 0) is 44.0 Å². The summed E-state index contributed by atoms with van der Waals surface area (Å²) in [6.45, 7) is 5.23. The Hall–Kier alpha value is -5.26. The number of aromatic nitrogens is 7. The van der Waals surface area contributed by atoms with Gasteiger partial charge in [-0.3, -0.25) is 10.3 Å². The molecule has 270 valence electrons. The van der Waals surface area contributed by atoms with Crippen LogP contribution in [-0.4, -0.2) is 82.2 Å². The van der Waals surface area contributed by atoms with Crippen LogP contribution >= 0.6 is 0 Å². The number of benzene rings is 2. The Balaban J connectivity index is 1.49. The van der Waals surface area contributed by atoms with Gasteiger partial charge in [-0.15, -0.1) is 5.10 Å².